The van der Waals surface area contributed by atoms with E-state index in [2.05, 4.69) is 0 Å². The fraction of sp³-hybridized carbons (Fsp3) is 0.364. The van der Waals surface area contributed by atoms with Crippen molar-refractivity contribution >= 4 is 17.6 Å². The highest BCUT2D eigenvalue weighted by Crippen LogP contribution is 2.17. The first-order valence-corrected chi connectivity index (χ1v) is 5.02. The first kappa shape index (κ1) is 12.0. The van der Waals surface area contributed by atoms with Gasteiger partial charge in [-0.2, -0.15) is 0 Å². The van der Waals surface area contributed by atoms with Crippen molar-refractivity contribution in [1.82, 2.24) is 4.90 Å². The molecule has 4 heteroatoms. The molecule has 15 heavy (non-hydrogen) atoms. The third kappa shape index (κ3) is 3.90. The molecule has 0 saturated carbocycles. The van der Waals surface area contributed by atoms with Gasteiger partial charge < -0.3 is 5.11 Å². The summed E-state index contributed by atoms with van der Waals surface area (Å²) in [6.07, 6.45) is 0. The lowest BCUT2D eigenvalue weighted by molar-refractivity contribution is -0.138. The van der Waals surface area contributed by atoms with Crippen LogP contribution in [0.1, 0.15) is 11.1 Å². The first-order valence-electron chi connectivity index (χ1n) is 4.64. The van der Waals surface area contributed by atoms with Gasteiger partial charge >= 0.3 is 5.97 Å². The fourth-order valence-electron chi connectivity index (χ4n) is 1.33. The molecule has 0 atom stereocenters. The Morgan fingerprint density at radius 1 is 1.53 bits per heavy atom. The van der Waals surface area contributed by atoms with Gasteiger partial charge in [-0.05, 0) is 31.2 Å². The van der Waals surface area contributed by atoms with Crippen molar-refractivity contribution in [3.05, 3.63) is 34.3 Å². The lowest BCUT2D eigenvalue weighted by Gasteiger charge is -2.14. The SMILES string of the molecule is Cc1ccc(CN(C)CC(=O)O)cc1Cl. The Balaban J connectivity index is 2.64. The van der Waals surface area contributed by atoms with Gasteiger partial charge in [-0.15, -0.1) is 0 Å². The van der Waals surface area contributed by atoms with E-state index in [0.29, 0.717) is 6.54 Å². The minimum atomic E-state index is -0.823. The lowest BCUT2D eigenvalue weighted by Crippen LogP contribution is -2.25. The van der Waals surface area contributed by atoms with E-state index in [0.717, 1.165) is 16.1 Å². The summed E-state index contributed by atoms with van der Waals surface area (Å²) >= 11 is 5.97. The summed E-state index contributed by atoms with van der Waals surface area (Å²) in [6, 6.07) is 5.76. The number of benzene rings is 1. The molecular formula is C11H14ClNO2. The molecule has 0 unspecified atom stereocenters. The van der Waals surface area contributed by atoms with Gasteiger partial charge in [-0.1, -0.05) is 23.7 Å². The van der Waals surface area contributed by atoms with E-state index in [1.54, 1.807) is 11.9 Å². The van der Waals surface area contributed by atoms with Gasteiger partial charge in [0.1, 0.15) is 0 Å². The van der Waals surface area contributed by atoms with Crippen molar-refractivity contribution < 1.29 is 9.90 Å². The second-order valence-electron chi connectivity index (χ2n) is 3.65. The summed E-state index contributed by atoms with van der Waals surface area (Å²) in [6.45, 7) is 2.56. The van der Waals surface area contributed by atoms with Crippen molar-refractivity contribution in [2.75, 3.05) is 13.6 Å². The molecule has 0 aliphatic heterocycles. The molecule has 0 saturated heterocycles. The van der Waals surface area contributed by atoms with E-state index >= 15 is 0 Å². The molecule has 1 aromatic carbocycles. The van der Waals surface area contributed by atoms with Crippen LogP contribution in [0.4, 0.5) is 0 Å². The average Bonchev–Trinajstić information content (AvgIpc) is 2.10. The van der Waals surface area contributed by atoms with E-state index in [-0.39, 0.29) is 6.54 Å². The van der Waals surface area contributed by atoms with E-state index in [9.17, 15) is 4.79 Å². The molecule has 0 spiro atoms. The molecular weight excluding hydrogens is 214 g/mol. The Labute approximate surface area is 94.3 Å². The van der Waals surface area contributed by atoms with Crippen molar-refractivity contribution in [3.8, 4) is 0 Å². The number of carboxylic acids is 1. The summed E-state index contributed by atoms with van der Waals surface area (Å²) in [4.78, 5) is 12.2. The van der Waals surface area contributed by atoms with Crippen LogP contribution in [0.15, 0.2) is 18.2 Å². The minimum Gasteiger partial charge on any atom is -0.480 e. The van der Waals surface area contributed by atoms with Gasteiger partial charge in [0.2, 0.25) is 0 Å². The Hall–Kier alpha value is -1.06. The molecule has 82 valence electrons. The standard InChI is InChI=1S/C11H14ClNO2/c1-8-3-4-9(5-10(8)12)6-13(2)7-11(14)15/h3-5H,6-7H2,1-2H3,(H,14,15). The molecule has 0 fully saturated rings. The van der Waals surface area contributed by atoms with Gasteiger partial charge in [0, 0.05) is 11.6 Å². The average molecular weight is 228 g/mol. The zero-order valence-corrected chi connectivity index (χ0v) is 9.58. The Kier molecular flexibility index (Phi) is 4.12. The first-order chi connectivity index (χ1) is 6.99. The number of carboxylic acid groups (broad SMARTS) is 1. The second kappa shape index (κ2) is 5.14. The number of hydrogen-bond donors (Lipinski definition) is 1. The molecule has 0 bridgehead atoms. The highest BCUT2D eigenvalue weighted by molar-refractivity contribution is 6.31. The normalized spacial score (nSPS) is 10.7. The Bertz CT molecular complexity index is 366. The monoisotopic (exact) mass is 227 g/mol. The number of halogens is 1. The largest absolute Gasteiger partial charge is 0.480 e. The third-order valence-corrected chi connectivity index (χ3v) is 2.50. The van der Waals surface area contributed by atoms with Crippen molar-refractivity contribution in [2.45, 2.75) is 13.5 Å². The Morgan fingerprint density at radius 2 is 2.20 bits per heavy atom. The lowest BCUT2D eigenvalue weighted by atomic mass is 10.1. The van der Waals surface area contributed by atoms with Gasteiger partial charge in [0.25, 0.3) is 0 Å². The summed E-state index contributed by atoms with van der Waals surface area (Å²) in [5, 5.41) is 9.31. The number of nitrogens with zero attached hydrogens (tertiary/aromatic N) is 1. The van der Waals surface area contributed by atoms with Gasteiger partial charge in [0.05, 0.1) is 6.54 Å². The van der Waals surface area contributed by atoms with E-state index < -0.39 is 5.97 Å². The van der Waals surface area contributed by atoms with Crippen molar-refractivity contribution in [3.63, 3.8) is 0 Å². The molecule has 0 heterocycles. The Morgan fingerprint density at radius 3 is 2.73 bits per heavy atom. The van der Waals surface area contributed by atoms with Crippen LogP contribution in [-0.2, 0) is 11.3 Å². The van der Waals surface area contributed by atoms with Crippen LogP contribution in [0.5, 0.6) is 0 Å². The van der Waals surface area contributed by atoms with Crippen LogP contribution >= 0.6 is 11.6 Å². The van der Waals surface area contributed by atoms with Gasteiger partial charge in [0.15, 0.2) is 0 Å². The van der Waals surface area contributed by atoms with Crippen LogP contribution in [-0.4, -0.2) is 29.6 Å². The number of aryl methyl sites for hydroxylation is 1. The van der Waals surface area contributed by atoms with Crippen LogP contribution in [0.3, 0.4) is 0 Å². The predicted molar refractivity (Wildman–Crippen MR) is 60.2 cm³/mol. The minimum absolute atomic E-state index is 0.0332. The molecule has 0 aromatic heterocycles. The summed E-state index contributed by atoms with van der Waals surface area (Å²) < 4.78 is 0. The zero-order chi connectivity index (χ0) is 11.4. The predicted octanol–water partition coefficient (Wildman–Crippen LogP) is 2.16. The summed E-state index contributed by atoms with van der Waals surface area (Å²) in [5.41, 5.74) is 2.05. The summed E-state index contributed by atoms with van der Waals surface area (Å²) in [7, 11) is 1.77. The van der Waals surface area contributed by atoms with E-state index in [4.69, 9.17) is 16.7 Å². The topological polar surface area (TPSA) is 40.5 Å². The maximum atomic E-state index is 10.5. The van der Waals surface area contributed by atoms with Crippen molar-refractivity contribution in [2.24, 2.45) is 0 Å². The third-order valence-electron chi connectivity index (χ3n) is 2.09. The van der Waals surface area contributed by atoms with Crippen molar-refractivity contribution in [1.29, 1.82) is 0 Å². The van der Waals surface area contributed by atoms with E-state index in [1.807, 2.05) is 25.1 Å². The van der Waals surface area contributed by atoms with Crippen LogP contribution < -0.4 is 0 Å². The van der Waals surface area contributed by atoms with Crippen LogP contribution in [0.25, 0.3) is 0 Å². The highest BCUT2D eigenvalue weighted by atomic mass is 35.5. The molecule has 1 aromatic rings. The highest BCUT2D eigenvalue weighted by Gasteiger charge is 2.05. The van der Waals surface area contributed by atoms with Gasteiger partial charge in [-0.3, -0.25) is 9.69 Å². The van der Waals surface area contributed by atoms with Gasteiger partial charge in [-0.25, -0.2) is 0 Å². The summed E-state index contributed by atoms with van der Waals surface area (Å²) in [5.74, 6) is -0.823. The van der Waals surface area contributed by atoms with Crippen LogP contribution in [0.2, 0.25) is 5.02 Å². The number of rotatable bonds is 4. The fourth-order valence-corrected chi connectivity index (χ4v) is 1.54. The molecule has 1 N–H and O–H groups in total. The maximum Gasteiger partial charge on any atom is 0.317 e. The van der Waals surface area contributed by atoms with Crippen LogP contribution in [0, 0.1) is 6.92 Å². The number of hydrogen-bond acceptors (Lipinski definition) is 2. The zero-order valence-electron chi connectivity index (χ0n) is 8.83. The number of likely N-dealkylation sites (N-methyl/N-ethyl adjacent to an activating group) is 1. The quantitative estimate of drug-likeness (QED) is 0.857. The number of carbonyl (C=O) groups is 1. The molecule has 0 aliphatic rings. The molecule has 3 nitrogen and oxygen atoms in total. The van der Waals surface area contributed by atoms with E-state index in [1.165, 1.54) is 0 Å². The molecule has 0 amide bonds. The molecule has 1 rings (SSSR count). The second-order valence-corrected chi connectivity index (χ2v) is 4.06. The smallest absolute Gasteiger partial charge is 0.317 e. The maximum absolute atomic E-state index is 10.5. The molecule has 0 radical (unpaired) electrons. The number of aliphatic carboxylic acids is 1. The molecule has 0 aliphatic carbocycles.